The Morgan fingerprint density at radius 2 is 0.606 bits per heavy atom. The molecular formula is C28H28O3P2. The first-order chi connectivity index (χ1) is 16.0. The van der Waals surface area contributed by atoms with Gasteiger partial charge in [-0.25, -0.2) is 0 Å². The van der Waals surface area contributed by atoms with Crippen molar-refractivity contribution in [3.63, 3.8) is 0 Å². The maximum Gasteiger partial charge on any atom is 0.217 e. The second-order valence-electron chi connectivity index (χ2n) is 8.29. The topological polar surface area (TPSA) is 43.4 Å². The van der Waals surface area contributed by atoms with Gasteiger partial charge in [0.05, 0.1) is 24.6 Å². The van der Waals surface area contributed by atoms with Gasteiger partial charge in [-0.2, -0.15) is 0 Å². The number of hydrogen-bond donors (Lipinski definition) is 0. The van der Waals surface area contributed by atoms with Crippen LogP contribution in [0.4, 0.5) is 0 Å². The van der Waals surface area contributed by atoms with Crippen LogP contribution in [0.15, 0.2) is 121 Å². The van der Waals surface area contributed by atoms with Crippen LogP contribution in [0, 0.1) is 0 Å². The monoisotopic (exact) mass is 474 g/mol. The largest absolute Gasteiger partial charge is 0.292 e. The molecule has 4 aromatic rings. The van der Waals surface area contributed by atoms with Crippen molar-refractivity contribution in [3.8, 4) is 0 Å². The summed E-state index contributed by atoms with van der Waals surface area (Å²) in [6.45, 7) is 0. The average Bonchev–Trinajstić information content (AvgIpc) is 2.81. The average molecular weight is 474 g/mol. The van der Waals surface area contributed by atoms with Crippen LogP contribution in [-0.4, -0.2) is 0 Å². The molecule has 0 aliphatic carbocycles. The second kappa shape index (κ2) is 10.9. The van der Waals surface area contributed by atoms with Crippen LogP contribution in [0.25, 0.3) is 0 Å². The summed E-state index contributed by atoms with van der Waals surface area (Å²) in [7, 11) is -6.64. The Bertz CT molecular complexity index is 1040. The summed E-state index contributed by atoms with van der Waals surface area (Å²) in [5.41, 5.74) is 3.68. The molecule has 33 heavy (non-hydrogen) atoms. The second-order valence-corrected chi connectivity index (χ2v) is 13.5. The molecule has 0 aliphatic rings. The van der Waals surface area contributed by atoms with Gasteiger partial charge in [-0.1, -0.05) is 121 Å². The molecule has 0 fully saturated rings. The normalized spacial score (nSPS) is 11.9. The first-order valence-electron chi connectivity index (χ1n) is 11.1. The third-order valence-corrected chi connectivity index (χ3v) is 11.1. The van der Waals surface area contributed by atoms with Crippen LogP contribution in [-0.2, 0) is 38.1 Å². The van der Waals surface area contributed by atoms with Crippen LogP contribution < -0.4 is 0 Å². The zero-order chi connectivity index (χ0) is 23.0. The van der Waals surface area contributed by atoms with Gasteiger partial charge in [0, 0.05) is 0 Å². The van der Waals surface area contributed by atoms with Crippen LogP contribution in [0.3, 0.4) is 0 Å². The van der Waals surface area contributed by atoms with Crippen molar-refractivity contribution in [1.29, 1.82) is 0 Å². The van der Waals surface area contributed by atoms with Crippen LogP contribution in [0.1, 0.15) is 22.3 Å². The standard InChI is InChI=1S/C28H28O3P2/c29-32(21-25-13-5-1-6-14-25,22-26-15-7-2-8-16-26)31-33(30,23-27-17-9-3-10-18-27)24-28-19-11-4-12-20-28/h1-20H,21-24H2. The van der Waals surface area contributed by atoms with Gasteiger partial charge in [-0.15, -0.1) is 0 Å². The molecule has 0 unspecified atom stereocenters. The molecule has 0 spiro atoms. The van der Waals surface area contributed by atoms with Crippen molar-refractivity contribution in [1.82, 2.24) is 0 Å². The van der Waals surface area contributed by atoms with Gasteiger partial charge < -0.3 is 0 Å². The highest BCUT2D eigenvalue weighted by Crippen LogP contribution is 2.69. The minimum atomic E-state index is -3.32. The van der Waals surface area contributed by atoms with Crippen molar-refractivity contribution in [2.24, 2.45) is 0 Å². The summed E-state index contributed by atoms with van der Waals surface area (Å²) >= 11 is 0. The maximum atomic E-state index is 14.4. The number of benzene rings is 4. The van der Waals surface area contributed by atoms with Crippen molar-refractivity contribution in [2.45, 2.75) is 24.6 Å². The van der Waals surface area contributed by atoms with Gasteiger partial charge in [0.1, 0.15) is 0 Å². The SMILES string of the molecule is O=P(Cc1ccccc1)(Cc1ccccc1)OP(=O)(Cc1ccccc1)Cc1ccccc1. The predicted octanol–water partition coefficient (Wildman–Crippen LogP) is 8.36. The molecule has 0 radical (unpaired) electrons. The predicted molar refractivity (Wildman–Crippen MR) is 137 cm³/mol. The zero-order valence-corrected chi connectivity index (χ0v) is 20.3. The lowest BCUT2D eigenvalue weighted by molar-refractivity contribution is 0.452. The smallest absolute Gasteiger partial charge is 0.217 e. The summed E-state index contributed by atoms with van der Waals surface area (Å²) in [6.07, 6.45) is 0.985. The molecule has 0 N–H and O–H groups in total. The quantitative estimate of drug-likeness (QED) is 0.217. The molecule has 0 heterocycles. The van der Waals surface area contributed by atoms with E-state index in [4.69, 9.17) is 4.31 Å². The molecule has 168 valence electrons. The Hall–Kier alpha value is -2.70. The minimum absolute atomic E-state index is 0.246. The molecule has 3 nitrogen and oxygen atoms in total. The first kappa shape index (κ1) is 23.5. The van der Waals surface area contributed by atoms with E-state index < -0.39 is 14.7 Å². The minimum Gasteiger partial charge on any atom is -0.292 e. The zero-order valence-electron chi connectivity index (χ0n) is 18.5. The lowest BCUT2D eigenvalue weighted by atomic mass is 10.2. The van der Waals surface area contributed by atoms with E-state index in [2.05, 4.69) is 0 Å². The van der Waals surface area contributed by atoms with E-state index in [0.717, 1.165) is 22.3 Å². The summed E-state index contributed by atoms with van der Waals surface area (Å²) in [5.74, 6) is 0. The molecule has 0 saturated carbocycles. The van der Waals surface area contributed by atoms with Gasteiger partial charge in [-0.3, -0.25) is 13.4 Å². The van der Waals surface area contributed by atoms with E-state index in [1.807, 2.05) is 121 Å². The summed E-state index contributed by atoms with van der Waals surface area (Å²) in [5, 5.41) is 0. The number of hydrogen-bond acceptors (Lipinski definition) is 3. The fourth-order valence-corrected chi connectivity index (χ4v) is 10.3. The van der Waals surface area contributed by atoms with E-state index in [-0.39, 0.29) is 24.6 Å². The third-order valence-electron chi connectivity index (χ3n) is 5.36. The van der Waals surface area contributed by atoms with Gasteiger partial charge in [-0.05, 0) is 22.3 Å². The van der Waals surface area contributed by atoms with Crippen molar-refractivity contribution in [2.75, 3.05) is 0 Å². The van der Waals surface area contributed by atoms with Crippen LogP contribution in [0.2, 0.25) is 0 Å². The van der Waals surface area contributed by atoms with E-state index in [1.165, 1.54) is 0 Å². The summed E-state index contributed by atoms with van der Waals surface area (Å²) < 4.78 is 35.1. The fourth-order valence-electron chi connectivity index (χ4n) is 3.94. The highest BCUT2D eigenvalue weighted by Gasteiger charge is 2.35. The fraction of sp³-hybridized carbons (Fsp3) is 0.143. The number of rotatable bonds is 10. The molecule has 4 rings (SSSR count). The molecule has 0 atom stereocenters. The van der Waals surface area contributed by atoms with E-state index in [9.17, 15) is 9.13 Å². The van der Waals surface area contributed by atoms with Crippen molar-refractivity contribution < 1.29 is 13.4 Å². The Labute approximate surface area is 196 Å². The highest BCUT2D eigenvalue weighted by atomic mass is 31.2. The van der Waals surface area contributed by atoms with E-state index >= 15 is 0 Å². The Morgan fingerprint density at radius 1 is 0.394 bits per heavy atom. The lowest BCUT2D eigenvalue weighted by Crippen LogP contribution is -2.02. The molecular weight excluding hydrogens is 446 g/mol. The van der Waals surface area contributed by atoms with E-state index in [1.54, 1.807) is 0 Å². The molecule has 0 amide bonds. The van der Waals surface area contributed by atoms with Gasteiger partial charge >= 0.3 is 0 Å². The third kappa shape index (κ3) is 7.14. The molecule has 0 bridgehead atoms. The van der Waals surface area contributed by atoms with Crippen molar-refractivity contribution >= 4 is 14.7 Å². The summed E-state index contributed by atoms with van der Waals surface area (Å²) in [6, 6.07) is 38.7. The van der Waals surface area contributed by atoms with Gasteiger partial charge in [0.15, 0.2) is 0 Å². The maximum absolute atomic E-state index is 14.4. The Balaban J connectivity index is 1.69. The molecule has 0 saturated heterocycles. The molecule has 5 heteroatoms. The van der Waals surface area contributed by atoms with Crippen LogP contribution >= 0.6 is 14.7 Å². The molecule has 0 aliphatic heterocycles. The van der Waals surface area contributed by atoms with Gasteiger partial charge in [0.25, 0.3) is 0 Å². The Kier molecular flexibility index (Phi) is 7.78. The van der Waals surface area contributed by atoms with Gasteiger partial charge in [0.2, 0.25) is 14.7 Å². The van der Waals surface area contributed by atoms with Crippen molar-refractivity contribution in [3.05, 3.63) is 144 Å². The van der Waals surface area contributed by atoms with E-state index in [0.29, 0.717) is 0 Å². The Morgan fingerprint density at radius 3 is 0.818 bits per heavy atom. The van der Waals surface area contributed by atoms with Crippen LogP contribution in [0.5, 0.6) is 0 Å². The molecule has 0 aromatic heterocycles. The summed E-state index contributed by atoms with van der Waals surface area (Å²) in [4.78, 5) is 0. The highest BCUT2D eigenvalue weighted by molar-refractivity contribution is 7.70. The lowest BCUT2D eigenvalue weighted by Gasteiger charge is -2.26. The molecule has 4 aromatic carbocycles. The first-order valence-corrected chi connectivity index (χ1v) is 15.0.